The van der Waals surface area contributed by atoms with Crippen molar-refractivity contribution in [2.24, 2.45) is 0 Å². The molecule has 3 nitrogen and oxygen atoms in total. The van der Waals surface area contributed by atoms with Crippen molar-refractivity contribution in [2.45, 2.75) is 12.6 Å². The zero-order valence-electron chi connectivity index (χ0n) is 8.92. The Hall–Kier alpha value is -1.37. The predicted octanol–water partition coefficient (Wildman–Crippen LogP) is 2.77. The molecule has 96 valence electrons. The van der Waals surface area contributed by atoms with Gasteiger partial charge in [-0.3, -0.25) is 9.59 Å². The summed E-state index contributed by atoms with van der Waals surface area (Å²) < 4.78 is 38.1. The molecule has 1 aliphatic rings. The Morgan fingerprint density at radius 1 is 1.22 bits per heavy atom. The highest BCUT2D eigenvalue weighted by atomic mass is 79.9. The van der Waals surface area contributed by atoms with Crippen LogP contribution in [0.4, 0.5) is 18.9 Å². The first-order chi connectivity index (χ1) is 8.30. The standard InChI is InChI=1S/C11H7BrF3NO2/c12-7-2-1-6(11(13,14)15)5-8(7)16-4-3-9(17)10(16)18/h1-2,5H,3-4H2. The van der Waals surface area contributed by atoms with E-state index in [0.717, 1.165) is 17.0 Å². The lowest BCUT2D eigenvalue weighted by Crippen LogP contribution is -2.27. The Bertz CT molecular complexity index is 528. The Morgan fingerprint density at radius 2 is 1.89 bits per heavy atom. The number of rotatable bonds is 1. The summed E-state index contributed by atoms with van der Waals surface area (Å²) in [5.74, 6) is -1.35. The monoisotopic (exact) mass is 321 g/mol. The van der Waals surface area contributed by atoms with E-state index in [4.69, 9.17) is 0 Å². The highest BCUT2D eigenvalue weighted by molar-refractivity contribution is 9.10. The minimum atomic E-state index is -4.48. The fraction of sp³-hybridized carbons (Fsp3) is 0.273. The fourth-order valence-corrected chi connectivity index (χ4v) is 2.16. The molecule has 0 radical (unpaired) electrons. The van der Waals surface area contributed by atoms with E-state index < -0.39 is 23.4 Å². The molecule has 0 aromatic heterocycles. The van der Waals surface area contributed by atoms with Crippen LogP contribution in [0.1, 0.15) is 12.0 Å². The van der Waals surface area contributed by atoms with Crippen LogP contribution >= 0.6 is 15.9 Å². The van der Waals surface area contributed by atoms with Crippen molar-refractivity contribution in [1.29, 1.82) is 0 Å². The van der Waals surface area contributed by atoms with E-state index in [2.05, 4.69) is 15.9 Å². The van der Waals surface area contributed by atoms with Crippen molar-refractivity contribution in [3.8, 4) is 0 Å². The second-order valence-corrected chi connectivity index (χ2v) is 4.65. The highest BCUT2D eigenvalue weighted by Crippen LogP contribution is 2.36. The van der Waals surface area contributed by atoms with Gasteiger partial charge in [0, 0.05) is 17.4 Å². The number of halogens is 4. The number of nitrogens with zero attached hydrogens (tertiary/aromatic N) is 1. The van der Waals surface area contributed by atoms with Crippen LogP contribution < -0.4 is 4.90 Å². The maximum atomic E-state index is 12.6. The topological polar surface area (TPSA) is 37.4 Å². The molecule has 1 saturated heterocycles. The molecule has 7 heteroatoms. The molecule has 1 aliphatic heterocycles. The molecule has 0 unspecified atom stereocenters. The lowest BCUT2D eigenvalue weighted by molar-refractivity contribution is -0.137. The summed E-state index contributed by atoms with van der Waals surface area (Å²) in [5.41, 5.74) is -0.784. The largest absolute Gasteiger partial charge is 0.416 e. The van der Waals surface area contributed by atoms with Gasteiger partial charge in [0.1, 0.15) is 0 Å². The van der Waals surface area contributed by atoms with Crippen LogP contribution in [0.2, 0.25) is 0 Å². The predicted molar refractivity (Wildman–Crippen MR) is 61.1 cm³/mol. The molecule has 0 atom stereocenters. The lowest BCUT2D eigenvalue weighted by Gasteiger charge is -2.18. The van der Waals surface area contributed by atoms with E-state index in [-0.39, 0.29) is 18.7 Å². The number of alkyl halides is 3. The van der Waals surface area contributed by atoms with Crippen LogP contribution in [-0.2, 0) is 15.8 Å². The number of ketones is 1. The second kappa shape index (κ2) is 4.38. The summed E-state index contributed by atoms with van der Waals surface area (Å²) in [6.45, 7) is 0.109. The maximum Gasteiger partial charge on any atom is 0.416 e. The molecule has 0 aliphatic carbocycles. The number of carbonyl (C=O) groups excluding carboxylic acids is 2. The van der Waals surface area contributed by atoms with E-state index >= 15 is 0 Å². The number of carbonyl (C=O) groups is 2. The van der Waals surface area contributed by atoms with Crippen molar-refractivity contribution in [2.75, 3.05) is 11.4 Å². The number of amides is 1. The summed E-state index contributed by atoms with van der Waals surface area (Å²) in [6, 6.07) is 2.99. The minimum Gasteiger partial charge on any atom is -0.304 e. The molecule has 1 aromatic carbocycles. The van der Waals surface area contributed by atoms with Gasteiger partial charge in [-0.1, -0.05) is 0 Å². The zero-order chi connectivity index (χ0) is 13.5. The number of Topliss-reactive ketones (excluding diaryl/α,β-unsaturated/α-hetero) is 1. The van der Waals surface area contributed by atoms with Gasteiger partial charge in [0.15, 0.2) is 0 Å². The molecule has 0 N–H and O–H groups in total. The molecular weight excluding hydrogens is 315 g/mol. The van der Waals surface area contributed by atoms with Gasteiger partial charge in [0.05, 0.1) is 11.3 Å². The average molecular weight is 322 g/mol. The molecule has 0 spiro atoms. The quantitative estimate of drug-likeness (QED) is 0.746. The van der Waals surface area contributed by atoms with Crippen LogP contribution in [0.25, 0.3) is 0 Å². The van der Waals surface area contributed by atoms with E-state index in [1.165, 1.54) is 6.07 Å². The lowest BCUT2D eigenvalue weighted by atomic mass is 10.2. The molecular formula is C11H7BrF3NO2. The Balaban J connectivity index is 2.45. The van der Waals surface area contributed by atoms with Gasteiger partial charge in [-0.25, -0.2) is 0 Å². The summed E-state index contributed by atoms with van der Waals surface area (Å²) in [4.78, 5) is 23.7. The van der Waals surface area contributed by atoms with E-state index in [0.29, 0.717) is 4.47 Å². The van der Waals surface area contributed by atoms with E-state index in [1.807, 2.05) is 0 Å². The van der Waals surface area contributed by atoms with Crippen LogP contribution in [0, 0.1) is 0 Å². The molecule has 2 rings (SSSR count). The summed E-state index contributed by atoms with van der Waals surface area (Å²) >= 11 is 3.08. The second-order valence-electron chi connectivity index (χ2n) is 3.79. The van der Waals surface area contributed by atoms with Crippen LogP contribution in [0.3, 0.4) is 0 Å². The summed E-state index contributed by atoms with van der Waals surface area (Å²) in [6.07, 6.45) is -4.45. The number of hydrogen-bond acceptors (Lipinski definition) is 2. The maximum absolute atomic E-state index is 12.6. The van der Waals surface area contributed by atoms with Crippen LogP contribution in [0.15, 0.2) is 22.7 Å². The zero-order valence-corrected chi connectivity index (χ0v) is 10.5. The smallest absolute Gasteiger partial charge is 0.304 e. The molecule has 1 heterocycles. The Kier molecular flexibility index (Phi) is 3.18. The summed E-state index contributed by atoms with van der Waals surface area (Å²) in [5, 5.41) is 0. The van der Waals surface area contributed by atoms with Gasteiger partial charge in [-0.15, -0.1) is 0 Å². The van der Waals surface area contributed by atoms with Crippen molar-refractivity contribution < 1.29 is 22.8 Å². The van der Waals surface area contributed by atoms with Gasteiger partial charge < -0.3 is 4.90 Å². The van der Waals surface area contributed by atoms with Gasteiger partial charge in [-0.05, 0) is 34.1 Å². The van der Waals surface area contributed by atoms with Crippen molar-refractivity contribution in [3.05, 3.63) is 28.2 Å². The average Bonchev–Trinajstić information content (AvgIpc) is 2.59. The van der Waals surface area contributed by atoms with Gasteiger partial charge >= 0.3 is 6.18 Å². The first-order valence-electron chi connectivity index (χ1n) is 5.02. The van der Waals surface area contributed by atoms with Crippen molar-refractivity contribution in [3.63, 3.8) is 0 Å². The number of benzene rings is 1. The third kappa shape index (κ3) is 2.27. The molecule has 1 fully saturated rings. The van der Waals surface area contributed by atoms with Gasteiger partial charge in [0.2, 0.25) is 5.78 Å². The highest BCUT2D eigenvalue weighted by Gasteiger charge is 2.35. The number of anilines is 1. The van der Waals surface area contributed by atoms with Crippen molar-refractivity contribution >= 4 is 33.3 Å². The summed E-state index contributed by atoms with van der Waals surface area (Å²) in [7, 11) is 0. The number of hydrogen-bond donors (Lipinski definition) is 0. The fourth-order valence-electron chi connectivity index (χ4n) is 1.70. The van der Waals surface area contributed by atoms with Crippen LogP contribution in [0.5, 0.6) is 0 Å². The van der Waals surface area contributed by atoms with Crippen LogP contribution in [-0.4, -0.2) is 18.2 Å². The molecule has 18 heavy (non-hydrogen) atoms. The van der Waals surface area contributed by atoms with E-state index in [9.17, 15) is 22.8 Å². The first-order valence-corrected chi connectivity index (χ1v) is 5.81. The minimum absolute atomic E-state index is 0.0293. The van der Waals surface area contributed by atoms with E-state index in [1.54, 1.807) is 0 Å². The first kappa shape index (κ1) is 13.1. The molecule has 0 bridgehead atoms. The molecule has 0 saturated carbocycles. The third-order valence-electron chi connectivity index (χ3n) is 2.61. The Morgan fingerprint density at radius 3 is 2.39 bits per heavy atom. The third-order valence-corrected chi connectivity index (χ3v) is 3.28. The van der Waals surface area contributed by atoms with Gasteiger partial charge in [0.25, 0.3) is 5.91 Å². The van der Waals surface area contributed by atoms with Crippen molar-refractivity contribution in [1.82, 2.24) is 0 Å². The Labute approximate surface area is 109 Å². The SMILES string of the molecule is O=C1CCN(c2cc(C(F)(F)F)ccc2Br)C1=O. The van der Waals surface area contributed by atoms with Gasteiger partial charge in [-0.2, -0.15) is 13.2 Å². The molecule has 1 aromatic rings. The normalized spacial score (nSPS) is 16.6. The molecule has 1 amide bonds.